The van der Waals surface area contributed by atoms with Crippen molar-refractivity contribution in [2.45, 2.75) is 20.3 Å². The van der Waals surface area contributed by atoms with E-state index in [0.717, 1.165) is 29.2 Å². The van der Waals surface area contributed by atoms with Crippen molar-refractivity contribution in [1.29, 1.82) is 0 Å². The van der Waals surface area contributed by atoms with Crippen LogP contribution in [0.15, 0.2) is 24.3 Å². The second kappa shape index (κ2) is 6.76. The van der Waals surface area contributed by atoms with Crippen LogP contribution in [-0.4, -0.2) is 24.0 Å². The summed E-state index contributed by atoms with van der Waals surface area (Å²) in [6, 6.07) is 6.57. The average Bonchev–Trinajstić information content (AvgIpc) is 2.76. The highest BCUT2D eigenvalue weighted by Crippen LogP contribution is 2.26. The smallest absolute Gasteiger partial charge is 0.229 e. The Bertz CT molecular complexity index is 712. The van der Waals surface area contributed by atoms with Crippen LogP contribution in [0.4, 0.5) is 9.52 Å². The number of nitrogens with one attached hydrogen (secondary N) is 2. The van der Waals surface area contributed by atoms with Crippen LogP contribution < -0.4 is 10.6 Å². The number of thiazole rings is 1. The first-order valence-corrected chi connectivity index (χ1v) is 8.57. The summed E-state index contributed by atoms with van der Waals surface area (Å²) in [6.07, 6.45) is 0.624. The van der Waals surface area contributed by atoms with E-state index in [1.54, 1.807) is 6.07 Å². The first-order chi connectivity index (χ1) is 11.0. The summed E-state index contributed by atoms with van der Waals surface area (Å²) in [5, 5.41) is 6.72. The molecule has 2 N–H and O–H groups in total. The van der Waals surface area contributed by atoms with E-state index >= 15 is 0 Å². The summed E-state index contributed by atoms with van der Waals surface area (Å²) in [4.78, 5) is 17.7. The van der Waals surface area contributed by atoms with Crippen LogP contribution in [-0.2, 0) is 11.2 Å². The molecule has 0 bridgehead atoms. The van der Waals surface area contributed by atoms with Gasteiger partial charge in [-0.05, 0) is 43.6 Å². The predicted molar refractivity (Wildman–Crippen MR) is 90.2 cm³/mol. The summed E-state index contributed by atoms with van der Waals surface area (Å²) < 4.78 is 13.3. The summed E-state index contributed by atoms with van der Waals surface area (Å²) >= 11 is 1.46. The zero-order valence-electron chi connectivity index (χ0n) is 13.2. The summed E-state index contributed by atoms with van der Waals surface area (Å²) in [5.41, 5.74) is 1.79. The Balaban J connectivity index is 1.67. The third-order valence-electron chi connectivity index (χ3n) is 4.31. The van der Waals surface area contributed by atoms with Crippen LogP contribution in [0.25, 0.3) is 0 Å². The molecule has 0 radical (unpaired) electrons. The zero-order chi connectivity index (χ0) is 16.4. The SMILES string of the molecule is Cc1nc(NC(=O)C(C)C2CNC2)sc1Cc1cccc(F)c1. The molecule has 2 aromatic rings. The Labute approximate surface area is 139 Å². The van der Waals surface area contributed by atoms with Crippen LogP contribution in [0.2, 0.25) is 0 Å². The number of anilines is 1. The van der Waals surface area contributed by atoms with E-state index in [1.165, 1.54) is 23.5 Å². The molecule has 0 aliphatic carbocycles. The Kier molecular flexibility index (Phi) is 4.73. The predicted octanol–water partition coefficient (Wildman–Crippen LogP) is 2.98. The number of benzene rings is 1. The molecule has 122 valence electrons. The number of halogens is 1. The number of carbonyl (C=O) groups is 1. The molecule has 1 saturated heterocycles. The number of aryl methyl sites for hydroxylation is 1. The number of nitrogens with zero attached hydrogens (tertiary/aromatic N) is 1. The third-order valence-corrected chi connectivity index (χ3v) is 5.38. The van der Waals surface area contributed by atoms with Gasteiger partial charge in [0.05, 0.1) is 5.69 Å². The zero-order valence-corrected chi connectivity index (χ0v) is 14.0. The molecule has 6 heteroatoms. The molecular weight excluding hydrogens is 313 g/mol. The van der Waals surface area contributed by atoms with E-state index < -0.39 is 0 Å². The number of hydrogen-bond acceptors (Lipinski definition) is 4. The topological polar surface area (TPSA) is 54.0 Å². The van der Waals surface area contributed by atoms with Gasteiger partial charge in [0.1, 0.15) is 5.82 Å². The van der Waals surface area contributed by atoms with Crippen molar-refractivity contribution >= 4 is 22.4 Å². The Morgan fingerprint density at radius 1 is 1.52 bits per heavy atom. The van der Waals surface area contributed by atoms with E-state index in [2.05, 4.69) is 15.6 Å². The van der Waals surface area contributed by atoms with Crippen molar-refractivity contribution in [3.05, 3.63) is 46.2 Å². The summed E-state index contributed by atoms with van der Waals surface area (Å²) in [6.45, 7) is 5.67. The number of carbonyl (C=O) groups excluding carboxylic acids is 1. The lowest BCUT2D eigenvalue weighted by molar-refractivity contribution is -0.121. The van der Waals surface area contributed by atoms with E-state index in [1.807, 2.05) is 19.9 Å². The van der Waals surface area contributed by atoms with Crippen LogP contribution in [0.3, 0.4) is 0 Å². The normalized spacial score (nSPS) is 16.0. The lowest BCUT2D eigenvalue weighted by Crippen LogP contribution is -2.48. The molecule has 1 atom stereocenters. The lowest BCUT2D eigenvalue weighted by Gasteiger charge is -2.31. The largest absolute Gasteiger partial charge is 0.316 e. The molecule has 1 unspecified atom stereocenters. The highest BCUT2D eigenvalue weighted by molar-refractivity contribution is 7.15. The van der Waals surface area contributed by atoms with Gasteiger partial charge in [-0.2, -0.15) is 0 Å². The molecule has 1 fully saturated rings. The minimum absolute atomic E-state index is 0.0163. The molecule has 1 amide bonds. The molecule has 3 rings (SSSR count). The van der Waals surface area contributed by atoms with Crippen molar-refractivity contribution in [3.63, 3.8) is 0 Å². The maximum atomic E-state index is 13.3. The molecule has 1 aromatic heterocycles. The van der Waals surface area contributed by atoms with Crippen molar-refractivity contribution in [3.8, 4) is 0 Å². The highest BCUT2D eigenvalue weighted by Gasteiger charge is 2.29. The fourth-order valence-electron chi connectivity index (χ4n) is 2.58. The number of amides is 1. The lowest BCUT2D eigenvalue weighted by atomic mass is 9.88. The van der Waals surface area contributed by atoms with Gasteiger partial charge >= 0.3 is 0 Å². The van der Waals surface area contributed by atoms with Crippen molar-refractivity contribution in [1.82, 2.24) is 10.3 Å². The Morgan fingerprint density at radius 3 is 2.96 bits per heavy atom. The summed E-state index contributed by atoms with van der Waals surface area (Å²) in [5.74, 6) is 0.165. The van der Waals surface area contributed by atoms with Crippen molar-refractivity contribution in [2.75, 3.05) is 18.4 Å². The Hall–Kier alpha value is -1.79. The van der Waals surface area contributed by atoms with E-state index in [0.29, 0.717) is 17.5 Å². The van der Waals surface area contributed by atoms with Crippen molar-refractivity contribution in [2.24, 2.45) is 11.8 Å². The van der Waals surface area contributed by atoms with Crippen molar-refractivity contribution < 1.29 is 9.18 Å². The molecule has 0 saturated carbocycles. The standard InChI is InChI=1S/C17H20FN3OS/c1-10(13-8-19-9-13)16(22)21-17-20-11(2)15(23-17)7-12-4-3-5-14(18)6-12/h3-6,10,13,19H,7-9H2,1-2H3,(H,20,21,22). The third kappa shape index (κ3) is 3.76. The minimum Gasteiger partial charge on any atom is -0.316 e. The molecule has 1 aromatic carbocycles. The second-order valence-electron chi connectivity index (χ2n) is 6.03. The monoisotopic (exact) mass is 333 g/mol. The van der Waals surface area contributed by atoms with E-state index in [4.69, 9.17) is 0 Å². The Morgan fingerprint density at radius 2 is 2.30 bits per heavy atom. The minimum atomic E-state index is -0.235. The van der Waals surface area contributed by atoms with Gasteiger partial charge in [-0.15, -0.1) is 11.3 Å². The first-order valence-electron chi connectivity index (χ1n) is 7.75. The maximum absolute atomic E-state index is 13.3. The van der Waals surface area contributed by atoms with Gasteiger partial charge < -0.3 is 10.6 Å². The van der Waals surface area contributed by atoms with Gasteiger partial charge in [0.15, 0.2) is 5.13 Å². The van der Waals surface area contributed by atoms with Crippen LogP contribution in [0.5, 0.6) is 0 Å². The molecular formula is C17H20FN3OS. The van der Waals surface area contributed by atoms with Gasteiger partial charge in [0.25, 0.3) is 0 Å². The molecule has 4 nitrogen and oxygen atoms in total. The van der Waals surface area contributed by atoms with Gasteiger partial charge in [-0.3, -0.25) is 4.79 Å². The van der Waals surface area contributed by atoms with E-state index in [-0.39, 0.29) is 17.6 Å². The second-order valence-corrected chi connectivity index (χ2v) is 7.11. The number of hydrogen-bond donors (Lipinski definition) is 2. The molecule has 2 heterocycles. The fourth-order valence-corrected chi connectivity index (χ4v) is 3.58. The maximum Gasteiger partial charge on any atom is 0.229 e. The number of rotatable bonds is 5. The highest BCUT2D eigenvalue weighted by atomic mass is 32.1. The average molecular weight is 333 g/mol. The first kappa shape index (κ1) is 16.1. The van der Waals surface area contributed by atoms with Crippen LogP contribution in [0.1, 0.15) is 23.1 Å². The van der Waals surface area contributed by atoms with E-state index in [9.17, 15) is 9.18 Å². The van der Waals surface area contributed by atoms with Crippen LogP contribution >= 0.6 is 11.3 Å². The fraction of sp³-hybridized carbons (Fsp3) is 0.412. The van der Waals surface area contributed by atoms with Crippen LogP contribution in [0, 0.1) is 24.6 Å². The quantitative estimate of drug-likeness (QED) is 0.884. The molecule has 23 heavy (non-hydrogen) atoms. The van der Waals surface area contributed by atoms with Gasteiger partial charge in [0.2, 0.25) is 5.91 Å². The molecule has 1 aliphatic heterocycles. The summed E-state index contributed by atoms with van der Waals surface area (Å²) in [7, 11) is 0. The van der Waals surface area contributed by atoms with Gasteiger partial charge in [0, 0.05) is 17.2 Å². The number of aromatic nitrogens is 1. The molecule has 0 spiro atoms. The molecule has 1 aliphatic rings. The van der Waals surface area contributed by atoms with Gasteiger partial charge in [-0.25, -0.2) is 9.37 Å². The van der Waals surface area contributed by atoms with Gasteiger partial charge in [-0.1, -0.05) is 19.1 Å².